The summed E-state index contributed by atoms with van der Waals surface area (Å²) in [4.78, 5) is 25.7. The SMILES string of the molecule is Cc1cc2c(cc(C(=O)O[C@H](C)C(=O)NC3CCCC3)n2C)s1. The standard InChI is InChI=1S/C17H22N2O3S/c1-10-8-13-15(23-10)9-14(19(13)3)17(21)22-11(2)16(20)18-12-6-4-5-7-12/h8-9,11-12H,4-7H2,1-3H3,(H,18,20)/t11-/m1/s1. The molecule has 3 rings (SSSR count). The highest BCUT2D eigenvalue weighted by Crippen LogP contribution is 2.28. The first-order valence-electron chi connectivity index (χ1n) is 8.03. The summed E-state index contributed by atoms with van der Waals surface area (Å²) in [7, 11) is 1.84. The number of aryl methyl sites for hydroxylation is 2. The Morgan fingerprint density at radius 3 is 2.70 bits per heavy atom. The van der Waals surface area contributed by atoms with Crippen LogP contribution in [0.2, 0.25) is 0 Å². The largest absolute Gasteiger partial charge is 0.448 e. The van der Waals surface area contributed by atoms with Crippen molar-refractivity contribution in [2.45, 2.75) is 51.7 Å². The van der Waals surface area contributed by atoms with E-state index in [9.17, 15) is 9.59 Å². The van der Waals surface area contributed by atoms with E-state index in [-0.39, 0.29) is 11.9 Å². The zero-order chi connectivity index (χ0) is 16.6. The van der Waals surface area contributed by atoms with Gasteiger partial charge in [-0.1, -0.05) is 12.8 Å². The number of fused-ring (bicyclic) bond motifs is 1. The minimum Gasteiger partial charge on any atom is -0.448 e. The fraction of sp³-hybridized carbons (Fsp3) is 0.529. The van der Waals surface area contributed by atoms with Crippen LogP contribution in [0.1, 0.15) is 48.0 Å². The quantitative estimate of drug-likeness (QED) is 0.874. The number of esters is 1. The van der Waals surface area contributed by atoms with Crippen molar-refractivity contribution in [1.82, 2.24) is 9.88 Å². The van der Waals surface area contributed by atoms with Crippen LogP contribution in [0.4, 0.5) is 0 Å². The first kappa shape index (κ1) is 16.1. The van der Waals surface area contributed by atoms with Gasteiger partial charge in [-0.05, 0) is 38.8 Å². The summed E-state index contributed by atoms with van der Waals surface area (Å²) in [5, 5.41) is 2.96. The maximum atomic E-state index is 12.4. The number of nitrogens with zero attached hydrogens (tertiary/aromatic N) is 1. The first-order chi connectivity index (χ1) is 11.0. The summed E-state index contributed by atoms with van der Waals surface area (Å²) in [5.41, 5.74) is 1.49. The Kier molecular flexibility index (Phi) is 4.43. The number of nitrogens with one attached hydrogen (secondary N) is 1. The first-order valence-corrected chi connectivity index (χ1v) is 8.84. The highest BCUT2D eigenvalue weighted by molar-refractivity contribution is 7.19. The summed E-state index contributed by atoms with van der Waals surface area (Å²) in [6.45, 7) is 3.66. The topological polar surface area (TPSA) is 60.3 Å². The van der Waals surface area contributed by atoms with E-state index in [1.54, 1.807) is 18.3 Å². The highest BCUT2D eigenvalue weighted by Gasteiger charge is 2.25. The average Bonchev–Trinajstić information content (AvgIpc) is 3.18. The molecule has 2 aromatic heterocycles. The Morgan fingerprint density at radius 1 is 1.35 bits per heavy atom. The van der Waals surface area contributed by atoms with Gasteiger partial charge in [-0.2, -0.15) is 0 Å². The summed E-state index contributed by atoms with van der Waals surface area (Å²) >= 11 is 1.64. The fourth-order valence-corrected chi connectivity index (χ4v) is 4.08. The van der Waals surface area contributed by atoms with Gasteiger partial charge in [0.2, 0.25) is 0 Å². The lowest BCUT2D eigenvalue weighted by atomic mass is 10.2. The number of ether oxygens (including phenoxy) is 1. The van der Waals surface area contributed by atoms with Crippen molar-refractivity contribution < 1.29 is 14.3 Å². The molecule has 0 saturated heterocycles. The van der Waals surface area contributed by atoms with E-state index in [1.807, 2.05) is 30.7 Å². The Morgan fingerprint density at radius 2 is 2.04 bits per heavy atom. The molecule has 0 aromatic carbocycles. The van der Waals surface area contributed by atoms with E-state index < -0.39 is 12.1 Å². The number of carbonyl (C=O) groups is 2. The van der Waals surface area contributed by atoms with Crippen molar-refractivity contribution in [2.24, 2.45) is 7.05 Å². The summed E-state index contributed by atoms with van der Waals surface area (Å²) in [6, 6.07) is 4.11. The number of rotatable bonds is 4. The highest BCUT2D eigenvalue weighted by atomic mass is 32.1. The van der Waals surface area contributed by atoms with Crippen molar-refractivity contribution in [2.75, 3.05) is 0 Å². The number of hydrogen-bond acceptors (Lipinski definition) is 4. The molecule has 1 aliphatic rings. The number of hydrogen-bond donors (Lipinski definition) is 1. The molecule has 1 fully saturated rings. The minimum atomic E-state index is -0.780. The van der Waals surface area contributed by atoms with Crippen LogP contribution in [0.15, 0.2) is 12.1 Å². The van der Waals surface area contributed by atoms with Crippen molar-refractivity contribution in [3.63, 3.8) is 0 Å². The van der Waals surface area contributed by atoms with Gasteiger partial charge in [-0.3, -0.25) is 4.79 Å². The molecule has 1 aliphatic carbocycles. The minimum absolute atomic E-state index is 0.211. The van der Waals surface area contributed by atoms with Gasteiger partial charge in [0.15, 0.2) is 6.10 Å². The van der Waals surface area contributed by atoms with Gasteiger partial charge in [0.25, 0.3) is 5.91 Å². The maximum absolute atomic E-state index is 12.4. The van der Waals surface area contributed by atoms with Crippen LogP contribution in [0, 0.1) is 6.92 Å². The number of thiophene rings is 1. The molecule has 1 saturated carbocycles. The van der Waals surface area contributed by atoms with E-state index in [4.69, 9.17) is 4.74 Å². The van der Waals surface area contributed by atoms with E-state index in [0.717, 1.165) is 35.9 Å². The molecular weight excluding hydrogens is 312 g/mol. The summed E-state index contributed by atoms with van der Waals surface area (Å²) < 4.78 is 8.23. The summed E-state index contributed by atoms with van der Waals surface area (Å²) in [5.74, 6) is -0.667. The molecule has 0 spiro atoms. The molecule has 5 nitrogen and oxygen atoms in total. The molecule has 0 bridgehead atoms. The van der Waals surface area contributed by atoms with E-state index in [1.165, 1.54) is 4.88 Å². The van der Waals surface area contributed by atoms with Crippen LogP contribution >= 0.6 is 11.3 Å². The molecule has 0 radical (unpaired) electrons. The van der Waals surface area contributed by atoms with Gasteiger partial charge in [0.05, 0.1) is 10.2 Å². The lowest BCUT2D eigenvalue weighted by molar-refractivity contribution is -0.129. The average molecular weight is 334 g/mol. The molecular formula is C17H22N2O3S. The molecule has 1 atom stereocenters. The second-order valence-corrected chi connectivity index (χ2v) is 7.52. The molecule has 2 aromatic rings. The second kappa shape index (κ2) is 6.35. The third-order valence-electron chi connectivity index (χ3n) is 4.42. The lowest BCUT2D eigenvalue weighted by Crippen LogP contribution is -2.41. The smallest absolute Gasteiger partial charge is 0.355 e. The molecule has 0 aliphatic heterocycles. The van der Waals surface area contributed by atoms with Crippen molar-refractivity contribution >= 4 is 33.4 Å². The molecule has 6 heteroatoms. The monoisotopic (exact) mass is 334 g/mol. The Balaban J connectivity index is 1.65. The number of aromatic nitrogens is 1. The maximum Gasteiger partial charge on any atom is 0.355 e. The molecule has 1 amide bonds. The lowest BCUT2D eigenvalue weighted by Gasteiger charge is -2.17. The van der Waals surface area contributed by atoms with Gasteiger partial charge in [-0.15, -0.1) is 11.3 Å². The van der Waals surface area contributed by atoms with E-state index in [0.29, 0.717) is 5.69 Å². The van der Waals surface area contributed by atoms with Crippen molar-refractivity contribution in [3.05, 3.63) is 22.7 Å². The zero-order valence-electron chi connectivity index (χ0n) is 13.7. The molecule has 0 unspecified atom stereocenters. The van der Waals surface area contributed by atoms with Crippen molar-refractivity contribution in [3.8, 4) is 0 Å². The number of carbonyl (C=O) groups excluding carboxylic acids is 2. The van der Waals surface area contributed by atoms with Crippen LogP contribution in [-0.4, -0.2) is 28.6 Å². The van der Waals surface area contributed by atoms with Crippen LogP contribution in [0.5, 0.6) is 0 Å². The third-order valence-corrected chi connectivity index (χ3v) is 5.40. The third kappa shape index (κ3) is 3.27. The van der Waals surface area contributed by atoms with Gasteiger partial charge >= 0.3 is 5.97 Å². The van der Waals surface area contributed by atoms with Gasteiger partial charge in [-0.25, -0.2) is 4.79 Å². The van der Waals surface area contributed by atoms with Crippen molar-refractivity contribution in [1.29, 1.82) is 0 Å². The van der Waals surface area contributed by atoms with Gasteiger partial charge in [0, 0.05) is 18.0 Å². The molecule has 1 N–H and O–H groups in total. The van der Waals surface area contributed by atoms with Crippen LogP contribution in [0.25, 0.3) is 10.2 Å². The molecule has 124 valence electrons. The Hall–Kier alpha value is -1.82. The predicted molar refractivity (Wildman–Crippen MR) is 90.8 cm³/mol. The summed E-state index contributed by atoms with van der Waals surface area (Å²) in [6.07, 6.45) is 3.55. The van der Waals surface area contributed by atoms with Gasteiger partial charge < -0.3 is 14.6 Å². The predicted octanol–water partition coefficient (Wildman–Crippen LogP) is 3.15. The Bertz CT molecular complexity index is 740. The second-order valence-electron chi connectivity index (χ2n) is 6.23. The fourth-order valence-electron chi connectivity index (χ4n) is 3.09. The zero-order valence-corrected chi connectivity index (χ0v) is 14.5. The molecule has 23 heavy (non-hydrogen) atoms. The van der Waals surface area contributed by atoms with E-state index >= 15 is 0 Å². The Labute approximate surface area is 139 Å². The van der Waals surface area contributed by atoms with Crippen LogP contribution < -0.4 is 5.32 Å². The van der Waals surface area contributed by atoms with Crippen LogP contribution in [-0.2, 0) is 16.6 Å². The normalized spacial score (nSPS) is 16.7. The van der Waals surface area contributed by atoms with E-state index in [2.05, 4.69) is 5.32 Å². The van der Waals surface area contributed by atoms with Crippen LogP contribution in [0.3, 0.4) is 0 Å². The van der Waals surface area contributed by atoms with Gasteiger partial charge in [0.1, 0.15) is 5.69 Å². The molecule has 2 heterocycles. The number of amides is 1.